The van der Waals surface area contributed by atoms with E-state index in [1.54, 1.807) is 32.3 Å². The molecular weight excluding hydrogens is 362 g/mol. The Labute approximate surface area is 163 Å². The third-order valence-electron chi connectivity index (χ3n) is 4.77. The minimum atomic E-state index is -0.655. The number of nitrogens with zero attached hydrogens (tertiary/aromatic N) is 2. The highest BCUT2D eigenvalue weighted by Crippen LogP contribution is 2.31. The van der Waals surface area contributed by atoms with Crippen molar-refractivity contribution in [2.75, 3.05) is 19.7 Å². The van der Waals surface area contributed by atoms with E-state index in [1.807, 2.05) is 24.3 Å². The maximum Gasteiger partial charge on any atom is 0.410 e. The summed E-state index contributed by atoms with van der Waals surface area (Å²) >= 11 is 0. The Hall–Kier alpha value is -2.77. The number of ether oxygens (including phenoxy) is 2. The molecule has 0 spiro atoms. The lowest BCUT2D eigenvalue weighted by Crippen LogP contribution is -2.50. The number of aromatic amines is 1. The number of fused-ring (bicyclic) bond motifs is 1. The number of carbonyl (C=O) groups is 2. The number of piperidine rings is 1. The van der Waals surface area contributed by atoms with Crippen LogP contribution in [0.15, 0.2) is 29.1 Å². The van der Waals surface area contributed by atoms with Gasteiger partial charge in [0.15, 0.2) is 0 Å². The van der Waals surface area contributed by atoms with Crippen molar-refractivity contribution in [1.82, 2.24) is 14.5 Å². The molecule has 8 nitrogen and oxygen atoms in total. The van der Waals surface area contributed by atoms with Gasteiger partial charge in [-0.1, -0.05) is 12.1 Å². The standard InChI is InChI=1S/C20H27N3O5/c1-5-27-17(24)13-12-22(19(26)28-20(2,3)4)11-10-15(13)23-16-9-7-6-8-14(16)21-18(23)25/h6-9,13,15H,5,10-12H2,1-4H3,(H,21,25)/t13-,15-/m0/s1. The van der Waals surface area contributed by atoms with Gasteiger partial charge in [0.05, 0.1) is 29.6 Å². The fourth-order valence-corrected chi connectivity index (χ4v) is 3.63. The quantitative estimate of drug-likeness (QED) is 0.815. The van der Waals surface area contributed by atoms with Gasteiger partial charge in [-0.15, -0.1) is 0 Å². The molecule has 0 bridgehead atoms. The minimum Gasteiger partial charge on any atom is -0.466 e. The fraction of sp³-hybridized carbons (Fsp3) is 0.550. The van der Waals surface area contributed by atoms with E-state index >= 15 is 0 Å². The first-order valence-electron chi connectivity index (χ1n) is 9.55. The zero-order valence-corrected chi connectivity index (χ0v) is 16.7. The van der Waals surface area contributed by atoms with Crippen LogP contribution in [0.4, 0.5) is 4.79 Å². The van der Waals surface area contributed by atoms with Crippen LogP contribution in [-0.4, -0.2) is 51.8 Å². The molecule has 1 amide bonds. The van der Waals surface area contributed by atoms with E-state index in [1.165, 1.54) is 4.90 Å². The number of para-hydroxylation sites is 2. The number of carbonyl (C=O) groups excluding carboxylic acids is 2. The molecule has 3 rings (SSSR count). The Kier molecular flexibility index (Phi) is 5.49. The van der Waals surface area contributed by atoms with Gasteiger partial charge in [0.1, 0.15) is 5.60 Å². The van der Waals surface area contributed by atoms with E-state index < -0.39 is 29.6 Å². The number of rotatable bonds is 3. The number of hydrogen-bond acceptors (Lipinski definition) is 5. The Bertz CT molecular complexity index is 924. The third kappa shape index (κ3) is 4.05. The van der Waals surface area contributed by atoms with Gasteiger partial charge in [-0.3, -0.25) is 9.36 Å². The van der Waals surface area contributed by atoms with Gasteiger partial charge in [-0.2, -0.15) is 0 Å². The van der Waals surface area contributed by atoms with Gasteiger partial charge in [0, 0.05) is 13.1 Å². The molecule has 0 unspecified atom stereocenters. The Morgan fingerprint density at radius 2 is 1.96 bits per heavy atom. The zero-order valence-electron chi connectivity index (χ0n) is 16.7. The molecule has 1 aromatic heterocycles. The first kappa shape index (κ1) is 20.0. The summed E-state index contributed by atoms with van der Waals surface area (Å²) in [6.07, 6.45) is -0.0173. The van der Waals surface area contributed by atoms with Crippen LogP contribution in [0.3, 0.4) is 0 Å². The number of esters is 1. The van der Waals surface area contributed by atoms with E-state index in [4.69, 9.17) is 9.47 Å². The van der Waals surface area contributed by atoms with Crippen LogP contribution in [0, 0.1) is 5.92 Å². The molecule has 152 valence electrons. The Morgan fingerprint density at radius 1 is 1.25 bits per heavy atom. The van der Waals surface area contributed by atoms with Crippen LogP contribution in [0.2, 0.25) is 0 Å². The molecular formula is C20H27N3O5. The van der Waals surface area contributed by atoms with Gasteiger partial charge in [0.25, 0.3) is 0 Å². The lowest BCUT2D eigenvalue weighted by atomic mass is 9.91. The number of nitrogens with one attached hydrogen (secondary N) is 1. The van der Waals surface area contributed by atoms with Crippen molar-refractivity contribution in [1.29, 1.82) is 0 Å². The lowest BCUT2D eigenvalue weighted by Gasteiger charge is -2.38. The molecule has 28 heavy (non-hydrogen) atoms. The topological polar surface area (TPSA) is 93.6 Å². The highest BCUT2D eigenvalue weighted by molar-refractivity contribution is 5.78. The number of imidazole rings is 1. The highest BCUT2D eigenvalue weighted by atomic mass is 16.6. The van der Waals surface area contributed by atoms with Gasteiger partial charge < -0.3 is 19.4 Å². The summed E-state index contributed by atoms with van der Waals surface area (Å²) < 4.78 is 12.3. The van der Waals surface area contributed by atoms with Crippen molar-refractivity contribution in [3.05, 3.63) is 34.7 Å². The van der Waals surface area contributed by atoms with Crippen LogP contribution in [0.5, 0.6) is 0 Å². The third-order valence-corrected chi connectivity index (χ3v) is 4.77. The number of benzene rings is 1. The predicted octanol–water partition coefficient (Wildman–Crippen LogP) is 2.69. The SMILES string of the molecule is CCOC(=O)[C@H]1CN(C(=O)OC(C)(C)C)CC[C@@H]1n1c(=O)[nH]c2ccccc21. The molecule has 0 radical (unpaired) electrons. The van der Waals surface area contributed by atoms with E-state index in [0.717, 1.165) is 5.52 Å². The van der Waals surface area contributed by atoms with Crippen LogP contribution < -0.4 is 5.69 Å². The van der Waals surface area contributed by atoms with Crippen LogP contribution in [0.1, 0.15) is 40.2 Å². The van der Waals surface area contributed by atoms with Crippen molar-refractivity contribution in [3.8, 4) is 0 Å². The Morgan fingerprint density at radius 3 is 2.64 bits per heavy atom. The van der Waals surface area contributed by atoms with Gasteiger partial charge in [-0.25, -0.2) is 9.59 Å². The van der Waals surface area contributed by atoms with Crippen LogP contribution in [0.25, 0.3) is 11.0 Å². The molecule has 1 saturated heterocycles. The molecule has 1 aliphatic heterocycles. The first-order chi connectivity index (χ1) is 13.2. The number of likely N-dealkylation sites (tertiary alicyclic amines) is 1. The molecule has 1 fully saturated rings. The average molecular weight is 389 g/mol. The van der Waals surface area contributed by atoms with Crippen molar-refractivity contribution >= 4 is 23.1 Å². The molecule has 1 N–H and O–H groups in total. The maximum atomic E-state index is 12.7. The monoisotopic (exact) mass is 389 g/mol. The van der Waals surface area contributed by atoms with Crippen molar-refractivity contribution in [2.45, 2.75) is 45.8 Å². The van der Waals surface area contributed by atoms with E-state index in [2.05, 4.69) is 4.98 Å². The second-order valence-electron chi connectivity index (χ2n) is 7.96. The summed E-state index contributed by atoms with van der Waals surface area (Å²) in [6, 6.07) is 6.96. The Balaban J connectivity index is 1.93. The number of amides is 1. The van der Waals surface area contributed by atoms with E-state index in [9.17, 15) is 14.4 Å². The number of hydrogen-bond donors (Lipinski definition) is 1. The molecule has 2 aromatic rings. The molecule has 8 heteroatoms. The zero-order chi connectivity index (χ0) is 20.5. The highest BCUT2D eigenvalue weighted by Gasteiger charge is 2.40. The normalized spacial score (nSPS) is 20.2. The molecule has 1 aliphatic rings. The van der Waals surface area contributed by atoms with Crippen molar-refractivity contribution in [2.24, 2.45) is 5.92 Å². The number of H-pyrrole nitrogens is 1. The molecule has 2 atom stereocenters. The maximum absolute atomic E-state index is 12.7. The second-order valence-corrected chi connectivity index (χ2v) is 7.96. The van der Waals surface area contributed by atoms with Crippen LogP contribution in [-0.2, 0) is 14.3 Å². The van der Waals surface area contributed by atoms with Crippen molar-refractivity contribution < 1.29 is 19.1 Å². The van der Waals surface area contributed by atoms with Gasteiger partial charge in [0.2, 0.25) is 0 Å². The fourth-order valence-electron chi connectivity index (χ4n) is 3.63. The van der Waals surface area contributed by atoms with Crippen molar-refractivity contribution in [3.63, 3.8) is 0 Å². The summed E-state index contributed by atoms with van der Waals surface area (Å²) in [5.41, 5.74) is 0.551. The molecule has 2 heterocycles. The summed E-state index contributed by atoms with van der Waals surface area (Å²) in [5, 5.41) is 0. The molecule has 0 aliphatic carbocycles. The predicted molar refractivity (Wildman–Crippen MR) is 104 cm³/mol. The van der Waals surface area contributed by atoms with Crippen LogP contribution >= 0.6 is 0 Å². The van der Waals surface area contributed by atoms with Gasteiger partial charge in [-0.05, 0) is 46.2 Å². The minimum absolute atomic E-state index is 0.143. The lowest BCUT2D eigenvalue weighted by molar-refractivity contribution is -0.151. The van der Waals surface area contributed by atoms with E-state index in [-0.39, 0.29) is 18.8 Å². The summed E-state index contributed by atoms with van der Waals surface area (Å²) in [6.45, 7) is 7.90. The summed E-state index contributed by atoms with van der Waals surface area (Å²) in [4.78, 5) is 42.1. The first-order valence-corrected chi connectivity index (χ1v) is 9.55. The van der Waals surface area contributed by atoms with Gasteiger partial charge >= 0.3 is 17.8 Å². The average Bonchev–Trinajstić information content (AvgIpc) is 2.95. The molecule has 1 aromatic carbocycles. The smallest absolute Gasteiger partial charge is 0.410 e. The number of aromatic nitrogens is 2. The van der Waals surface area contributed by atoms with E-state index in [0.29, 0.717) is 18.5 Å². The summed E-state index contributed by atoms with van der Waals surface area (Å²) in [5.74, 6) is -1.07. The second kappa shape index (κ2) is 7.69. The molecule has 0 saturated carbocycles. The largest absolute Gasteiger partial charge is 0.466 e. The summed E-state index contributed by atoms with van der Waals surface area (Å²) in [7, 11) is 0.